The number of aromatic nitrogens is 1. The van der Waals surface area contributed by atoms with Crippen molar-refractivity contribution >= 4 is 39.3 Å². The smallest absolute Gasteiger partial charge is 0.238 e. The second kappa shape index (κ2) is 5.58. The number of pyridine rings is 1. The number of aryl methyl sites for hydroxylation is 1. The van der Waals surface area contributed by atoms with Crippen molar-refractivity contribution in [2.75, 3.05) is 10.7 Å². The molecule has 1 saturated heterocycles. The zero-order chi connectivity index (χ0) is 14.1. The highest BCUT2D eigenvalue weighted by molar-refractivity contribution is 9.10. The van der Waals surface area contributed by atoms with Crippen molar-refractivity contribution in [3.63, 3.8) is 0 Å². The summed E-state index contributed by atoms with van der Waals surface area (Å²) in [6, 6.07) is 12.0. The number of rotatable bonds is 2. The summed E-state index contributed by atoms with van der Waals surface area (Å²) in [7, 11) is 1.99. The Bertz CT molecular complexity index is 645. The molecule has 0 bridgehead atoms. The average molecular weight is 350 g/mol. The summed E-state index contributed by atoms with van der Waals surface area (Å²) in [6.07, 6.45) is 4.07. The summed E-state index contributed by atoms with van der Waals surface area (Å²) in [6.45, 7) is 0. The molecule has 0 N–H and O–H groups in total. The van der Waals surface area contributed by atoms with Crippen molar-refractivity contribution in [3.8, 4) is 0 Å². The highest BCUT2D eigenvalue weighted by Gasteiger charge is 2.34. The Morgan fingerprint density at radius 2 is 2.05 bits per heavy atom. The van der Waals surface area contributed by atoms with Crippen LogP contribution in [-0.4, -0.2) is 11.7 Å². The first-order chi connectivity index (χ1) is 9.65. The van der Waals surface area contributed by atoms with Gasteiger partial charge in [-0.2, -0.15) is 0 Å². The van der Waals surface area contributed by atoms with Crippen LogP contribution in [0.25, 0.3) is 0 Å². The van der Waals surface area contributed by atoms with E-state index >= 15 is 0 Å². The van der Waals surface area contributed by atoms with Crippen LogP contribution in [0.2, 0.25) is 0 Å². The van der Waals surface area contributed by atoms with Crippen LogP contribution in [0.5, 0.6) is 0 Å². The number of halogens is 1. The standard InChI is InChI=1S/C15H14BrN2OS/c1-17-8-2-3-11(9-17)15-18(14(19)10-20-15)13-6-4-12(16)5-7-13/h2-9,15H,10H2,1H3/q+1. The van der Waals surface area contributed by atoms with E-state index in [1.807, 2.05) is 53.0 Å². The van der Waals surface area contributed by atoms with Gasteiger partial charge in [0.25, 0.3) is 0 Å². The van der Waals surface area contributed by atoms with E-state index in [4.69, 9.17) is 0 Å². The molecule has 5 heteroatoms. The molecule has 1 aromatic heterocycles. The summed E-state index contributed by atoms with van der Waals surface area (Å²) in [4.78, 5) is 14.1. The fraction of sp³-hybridized carbons (Fsp3) is 0.200. The molecule has 1 fully saturated rings. The van der Waals surface area contributed by atoms with Crippen LogP contribution >= 0.6 is 27.7 Å². The van der Waals surface area contributed by atoms with Crippen molar-refractivity contribution in [2.45, 2.75) is 5.37 Å². The van der Waals surface area contributed by atoms with Gasteiger partial charge >= 0.3 is 0 Å². The molecule has 1 aliphatic rings. The van der Waals surface area contributed by atoms with Gasteiger partial charge in [0.05, 0.1) is 5.75 Å². The van der Waals surface area contributed by atoms with E-state index < -0.39 is 0 Å². The molecular formula is C15H14BrN2OS+. The molecule has 1 amide bonds. The second-order valence-corrected chi connectivity index (χ2v) is 6.69. The fourth-order valence-electron chi connectivity index (χ4n) is 2.31. The largest absolute Gasteiger partial charge is 0.295 e. The van der Waals surface area contributed by atoms with E-state index in [-0.39, 0.29) is 11.3 Å². The molecule has 1 aromatic carbocycles. The normalized spacial score (nSPS) is 18.6. The minimum Gasteiger partial charge on any atom is -0.295 e. The number of amides is 1. The van der Waals surface area contributed by atoms with Gasteiger partial charge in [-0.15, -0.1) is 11.8 Å². The van der Waals surface area contributed by atoms with E-state index in [1.54, 1.807) is 11.8 Å². The van der Waals surface area contributed by atoms with Crippen molar-refractivity contribution in [1.82, 2.24) is 0 Å². The summed E-state index contributed by atoms with van der Waals surface area (Å²) in [5.74, 6) is 0.688. The predicted molar refractivity (Wildman–Crippen MR) is 84.4 cm³/mol. The maximum Gasteiger partial charge on any atom is 0.238 e. The van der Waals surface area contributed by atoms with Crippen molar-refractivity contribution in [1.29, 1.82) is 0 Å². The number of anilines is 1. The Balaban J connectivity index is 1.98. The Kier molecular flexibility index (Phi) is 3.81. The van der Waals surface area contributed by atoms with Crippen molar-refractivity contribution < 1.29 is 9.36 Å². The van der Waals surface area contributed by atoms with Crippen LogP contribution in [0.4, 0.5) is 5.69 Å². The lowest BCUT2D eigenvalue weighted by molar-refractivity contribution is -0.671. The first kappa shape index (κ1) is 13.6. The third-order valence-corrected chi connectivity index (χ3v) is 4.96. The van der Waals surface area contributed by atoms with Gasteiger partial charge < -0.3 is 0 Å². The zero-order valence-electron chi connectivity index (χ0n) is 11.0. The molecular weight excluding hydrogens is 336 g/mol. The van der Waals surface area contributed by atoms with Gasteiger partial charge in [-0.05, 0) is 30.3 Å². The lowest BCUT2D eigenvalue weighted by Crippen LogP contribution is -2.31. The van der Waals surface area contributed by atoms with Crippen molar-refractivity contribution in [2.24, 2.45) is 7.05 Å². The molecule has 20 heavy (non-hydrogen) atoms. The van der Waals surface area contributed by atoms with Crippen LogP contribution in [0.15, 0.2) is 53.3 Å². The molecule has 1 unspecified atom stereocenters. The first-order valence-corrected chi connectivity index (χ1v) is 8.14. The number of nitrogens with zero attached hydrogens (tertiary/aromatic N) is 2. The van der Waals surface area contributed by atoms with Crippen LogP contribution in [0, 0.1) is 0 Å². The molecule has 1 atom stereocenters. The highest BCUT2D eigenvalue weighted by atomic mass is 79.9. The van der Waals surface area contributed by atoms with Gasteiger partial charge in [0.1, 0.15) is 12.4 Å². The lowest BCUT2D eigenvalue weighted by atomic mass is 10.2. The third-order valence-electron chi connectivity index (χ3n) is 3.22. The van der Waals surface area contributed by atoms with Gasteiger partial charge in [0.15, 0.2) is 12.4 Å². The molecule has 102 valence electrons. The predicted octanol–water partition coefficient (Wildman–Crippen LogP) is 3.05. The van der Waals surface area contributed by atoms with Crippen LogP contribution < -0.4 is 9.47 Å². The Morgan fingerprint density at radius 1 is 1.30 bits per heavy atom. The topological polar surface area (TPSA) is 24.2 Å². The van der Waals surface area contributed by atoms with E-state index in [9.17, 15) is 4.79 Å². The van der Waals surface area contributed by atoms with Gasteiger partial charge in [0.2, 0.25) is 5.91 Å². The van der Waals surface area contributed by atoms with Gasteiger partial charge in [-0.3, -0.25) is 9.69 Å². The summed E-state index contributed by atoms with van der Waals surface area (Å²) >= 11 is 5.10. The zero-order valence-corrected chi connectivity index (χ0v) is 13.4. The average Bonchev–Trinajstić information content (AvgIpc) is 2.82. The minimum absolute atomic E-state index is 0.0519. The van der Waals surface area contributed by atoms with E-state index in [0.29, 0.717) is 5.75 Å². The molecule has 0 aliphatic carbocycles. The van der Waals surface area contributed by atoms with E-state index in [2.05, 4.69) is 28.2 Å². The first-order valence-electron chi connectivity index (χ1n) is 6.29. The van der Waals surface area contributed by atoms with E-state index in [0.717, 1.165) is 15.7 Å². The monoisotopic (exact) mass is 349 g/mol. The minimum atomic E-state index is 0.0519. The van der Waals surface area contributed by atoms with Crippen molar-refractivity contribution in [3.05, 3.63) is 58.8 Å². The summed E-state index contributed by atoms with van der Waals surface area (Å²) in [5, 5.41) is 0.0519. The van der Waals surface area contributed by atoms with Gasteiger partial charge in [0, 0.05) is 21.8 Å². The molecule has 0 radical (unpaired) electrons. The third kappa shape index (κ3) is 2.60. The highest BCUT2D eigenvalue weighted by Crippen LogP contribution is 2.41. The molecule has 3 nitrogen and oxygen atoms in total. The number of thioether (sulfide) groups is 1. The number of carbonyl (C=O) groups excluding carboxylic acids is 1. The summed E-state index contributed by atoms with van der Waals surface area (Å²) < 4.78 is 3.03. The second-order valence-electron chi connectivity index (χ2n) is 4.71. The number of hydrogen-bond donors (Lipinski definition) is 0. The van der Waals surface area contributed by atoms with Gasteiger partial charge in [-0.25, -0.2) is 4.57 Å². The van der Waals surface area contributed by atoms with Crippen LogP contribution in [0.3, 0.4) is 0 Å². The number of benzene rings is 1. The molecule has 2 heterocycles. The number of hydrogen-bond acceptors (Lipinski definition) is 2. The molecule has 2 aromatic rings. The maximum atomic E-state index is 12.2. The summed E-state index contributed by atoms with van der Waals surface area (Å²) in [5.41, 5.74) is 2.09. The molecule has 0 spiro atoms. The van der Waals surface area contributed by atoms with E-state index in [1.165, 1.54) is 0 Å². The maximum absolute atomic E-state index is 12.2. The molecule has 1 aliphatic heterocycles. The fourth-order valence-corrected chi connectivity index (χ4v) is 3.73. The molecule has 0 saturated carbocycles. The quantitative estimate of drug-likeness (QED) is 0.778. The Morgan fingerprint density at radius 3 is 2.75 bits per heavy atom. The van der Waals surface area contributed by atoms with Crippen LogP contribution in [0.1, 0.15) is 10.9 Å². The molecule has 3 rings (SSSR count). The lowest BCUT2D eigenvalue weighted by Gasteiger charge is -2.23. The Hall–Kier alpha value is -1.33. The SMILES string of the molecule is C[n+]1cccc(C2SCC(=O)N2c2ccc(Br)cc2)c1. The van der Waals surface area contributed by atoms with Gasteiger partial charge in [-0.1, -0.05) is 15.9 Å². The Labute approximate surface area is 130 Å². The number of carbonyl (C=O) groups is 1. The van der Waals surface area contributed by atoms with Crippen LogP contribution in [-0.2, 0) is 11.8 Å².